The SMILES string of the molecule is COC(=O)C1CN(Cc2ccc(C(=O)O)nc2)CCO1. The predicted octanol–water partition coefficient (Wildman–Crippen LogP) is 0.154. The Kier molecular flexibility index (Phi) is 4.65. The number of nitrogens with zero attached hydrogens (tertiary/aromatic N) is 2. The molecular weight excluding hydrogens is 264 g/mol. The lowest BCUT2D eigenvalue weighted by Crippen LogP contribution is -2.46. The number of carboxylic acid groups (broad SMARTS) is 1. The van der Waals surface area contributed by atoms with E-state index in [4.69, 9.17) is 9.84 Å². The summed E-state index contributed by atoms with van der Waals surface area (Å²) in [4.78, 5) is 28.1. The fourth-order valence-corrected chi connectivity index (χ4v) is 2.02. The van der Waals surface area contributed by atoms with Crippen LogP contribution in [0.1, 0.15) is 16.1 Å². The zero-order valence-electron chi connectivity index (χ0n) is 11.1. The molecule has 1 aromatic rings. The number of aromatic nitrogens is 1. The van der Waals surface area contributed by atoms with E-state index in [0.717, 1.165) is 5.56 Å². The third kappa shape index (κ3) is 3.52. The summed E-state index contributed by atoms with van der Waals surface area (Å²) in [5, 5.41) is 8.78. The smallest absolute Gasteiger partial charge is 0.354 e. The maximum Gasteiger partial charge on any atom is 0.354 e. The second kappa shape index (κ2) is 6.44. The molecule has 1 aliphatic heterocycles. The van der Waals surface area contributed by atoms with Crippen LogP contribution in [0.4, 0.5) is 0 Å². The third-order valence-electron chi connectivity index (χ3n) is 3.06. The molecule has 7 heteroatoms. The van der Waals surface area contributed by atoms with Gasteiger partial charge >= 0.3 is 11.9 Å². The van der Waals surface area contributed by atoms with Crippen molar-refractivity contribution >= 4 is 11.9 Å². The summed E-state index contributed by atoms with van der Waals surface area (Å²) in [5.74, 6) is -1.43. The minimum atomic E-state index is -1.05. The number of hydrogen-bond acceptors (Lipinski definition) is 6. The van der Waals surface area contributed by atoms with Crippen LogP contribution in [0.2, 0.25) is 0 Å². The first kappa shape index (κ1) is 14.4. The van der Waals surface area contributed by atoms with E-state index in [1.807, 2.05) is 4.90 Å². The van der Waals surface area contributed by atoms with E-state index in [1.165, 1.54) is 19.4 Å². The number of aromatic carboxylic acids is 1. The van der Waals surface area contributed by atoms with Gasteiger partial charge in [0.2, 0.25) is 0 Å². The number of morpholine rings is 1. The normalized spacial score (nSPS) is 19.6. The molecule has 0 bridgehead atoms. The van der Waals surface area contributed by atoms with E-state index in [0.29, 0.717) is 26.2 Å². The van der Waals surface area contributed by atoms with E-state index in [1.54, 1.807) is 6.07 Å². The van der Waals surface area contributed by atoms with Crippen LogP contribution in [0, 0.1) is 0 Å². The monoisotopic (exact) mass is 280 g/mol. The number of carboxylic acids is 1. The highest BCUT2D eigenvalue weighted by molar-refractivity contribution is 5.85. The average molecular weight is 280 g/mol. The molecular formula is C13H16N2O5. The van der Waals surface area contributed by atoms with E-state index in [9.17, 15) is 9.59 Å². The number of methoxy groups -OCH3 is 1. The Bertz CT molecular complexity index is 488. The Hall–Kier alpha value is -1.99. The van der Waals surface area contributed by atoms with Gasteiger partial charge in [0.1, 0.15) is 5.69 Å². The van der Waals surface area contributed by atoms with Crippen molar-refractivity contribution in [3.05, 3.63) is 29.6 Å². The second-order valence-electron chi connectivity index (χ2n) is 4.47. The van der Waals surface area contributed by atoms with Crippen molar-refractivity contribution in [2.24, 2.45) is 0 Å². The Balaban J connectivity index is 1.95. The molecule has 2 rings (SSSR count). The molecule has 1 aliphatic rings. The van der Waals surface area contributed by atoms with Crippen molar-refractivity contribution in [1.29, 1.82) is 0 Å². The lowest BCUT2D eigenvalue weighted by atomic mass is 10.2. The van der Waals surface area contributed by atoms with Crippen molar-refractivity contribution in [3.8, 4) is 0 Å². The molecule has 0 radical (unpaired) electrons. The zero-order valence-corrected chi connectivity index (χ0v) is 11.1. The largest absolute Gasteiger partial charge is 0.477 e. The van der Waals surface area contributed by atoms with Crippen molar-refractivity contribution in [2.45, 2.75) is 12.6 Å². The highest BCUT2D eigenvalue weighted by Gasteiger charge is 2.27. The molecule has 2 heterocycles. The predicted molar refractivity (Wildman–Crippen MR) is 68.2 cm³/mol. The lowest BCUT2D eigenvalue weighted by molar-refractivity contribution is -0.160. The Morgan fingerprint density at radius 3 is 2.95 bits per heavy atom. The van der Waals surface area contributed by atoms with Gasteiger partial charge in [-0.05, 0) is 11.6 Å². The molecule has 1 N–H and O–H groups in total. The summed E-state index contributed by atoms with van der Waals surface area (Å²) in [5.41, 5.74) is 0.906. The van der Waals surface area contributed by atoms with E-state index in [-0.39, 0.29) is 11.7 Å². The Morgan fingerprint density at radius 1 is 1.55 bits per heavy atom. The van der Waals surface area contributed by atoms with Crippen LogP contribution in [-0.2, 0) is 20.8 Å². The van der Waals surface area contributed by atoms with Crippen LogP contribution in [0.25, 0.3) is 0 Å². The molecule has 1 fully saturated rings. The van der Waals surface area contributed by atoms with E-state index in [2.05, 4.69) is 9.72 Å². The molecule has 1 saturated heterocycles. The first-order chi connectivity index (χ1) is 9.60. The van der Waals surface area contributed by atoms with E-state index < -0.39 is 12.1 Å². The van der Waals surface area contributed by atoms with Crippen molar-refractivity contribution < 1.29 is 24.2 Å². The summed E-state index contributed by atoms with van der Waals surface area (Å²) in [6, 6.07) is 3.19. The van der Waals surface area contributed by atoms with Crippen LogP contribution >= 0.6 is 0 Å². The third-order valence-corrected chi connectivity index (χ3v) is 3.06. The minimum absolute atomic E-state index is 0.0168. The molecule has 0 aliphatic carbocycles. The van der Waals surface area contributed by atoms with Crippen LogP contribution < -0.4 is 0 Å². The molecule has 0 amide bonds. The van der Waals surface area contributed by atoms with Gasteiger partial charge in [0.15, 0.2) is 6.10 Å². The number of ether oxygens (including phenoxy) is 2. The second-order valence-corrected chi connectivity index (χ2v) is 4.47. The fraction of sp³-hybridized carbons (Fsp3) is 0.462. The van der Waals surface area contributed by atoms with Gasteiger partial charge in [0.25, 0.3) is 0 Å². The van der Waals surface area contributed by atoms with Gasteiger partial charge in [-0.15, -0.1) is 0 Å². The molecule has 7 nitrogen and oxygen atoms in total. The summed E-state index contributed by atoms with van der Waals surface area (Å²) in [6.45, 7) is 2.20. The molecule has 0 saturated carbocycles. The van der Waals surface area contributed by atoms with Gasteiger partial charge in [0.05, 0.1) is 13.7 Å². The van der Waals surface area contributed by atoms with Crippen LogP contribution in [0.3, 0.4) is 0 Å². The lowest BCUT2D eigenvalue weighted by Gasteiger charge is -2.31. The first-order valence-electron chi connectivity index (χ1n) is 6.20. The molecule has 1 unspecified atom stereocenters. The Morgan fingerprint density at radius 2 is 2.35 bits per heavy atom. The van der Waals surface area contributed by atoms with Gasteiger partial charge in [-0.2, -0.15) is 0 Å². The number of pyridine rings is 1. The first-order valence-corrected chi connectivity index (χ1v) is 6.20. The molecule has 1 atom stereocenters. The number of carbonyl (C=O) groups is 2. The number of hydrogen-bond donors (Lipinski definition) is 1. The van der Waals surface area contributed by atoms with Crippen LogP contribution in [0.15, 0.2) is 18.3 Å². The van der Waals surface area contributed by atoms with Crippen molar-refractivity contribution in [2.75, 3.05) is 26.8 Å². The maximum atomic E-state index is 11.4. The highest BCUT2D eigenvalue weighted by atomic mass is 16.6. The summed E-state index contributed by atoms with van der Waals surface area (Å²) >= 11 is 0. The standard InChI is InChI=1S/C13H16N2O5/c1-19-13(18)11-8-15(4-5-20-11)7-9-2-3-10(12(16)17)14-6-9/h2-3,6,11H,4-5,7-8H2,1H3,(H,16,17). The van der Waals surface area contributed by atoms with Crippen LogP contribution in [0.5, 0.6) is 0 Å². The van der Waals surface area contributed by atoms with E-state index >= 15 is 0 Å². The number of rotatable bonds is 4. The van der Waals surface area contributed by atoms with Crippen LogP contribution in [-0.4, -0.2) is 59.8 Å². The summed E-state index contributed by atoms with van der Waals surface area (Å²) in [7, 11) is 1.33. The summed E-state index contributed by atoms with van der Waals surface area (Å²) < 4.78 is 10.0. The zero-order chi connectivity index (χ0) is 14.5. The number of esters is 1. The van der Waals surface area contributed by atoms with Gasteiger partial charge in [-0.3, -0.25) is 4.90 Å². The summed E-state index contributed by atoms with van der Waals surface area (Å²) in [6.07, 6.45) is 0.964. The quantitative estimate of drug-likeness (QED) is 0.785. The molecule has 1 aromatic heterocycles. The average Bonchev–Trinajstić information content (AvgIpc) is 2.47. The molecule has 20 heavy (non-hydrogen) atoms. The highest BCUT2D eigenvalue weighted by Crippen LogP contribution is 2.11. The maximum absolute atomic E-state index is 11.4. The van der Waals surface area contributed by atoms with Gasteiger partial charge < -0.3 is 14.6 Å². The molecule has 0 aromatic carbocycles. The number of carbonyl (C=O) groups excluding carboxylic acids is 1. The molecule has 0 spiro atoms. The van der Waals surface area contributed by atoms with Gasteiger partial charge in [-0.1, -0.05) is 6.07 Å². The van der Waals surface area contributed by atoms with Gasteiger partial charge in [0, 0.05) is 25.8 Å². The van der Waals surface area contributed by atoms with Crippen molar-refractivity contribution in [1.82, 2.24) is 9.88 Å². The fourth-order valence-electron chi connectivity index (χ4n) is 2.02. The Labute approximate surface area is 116 Å². The van der Waals surface area contributed by atoms with Crippen molar-refractivity contribution in [3.63, 3.8) is 0 Å². The van der Waals surface area contributed by atoms with Gasteiger partial charge in [-0.25, -0.2) is 14.6 Å². The molecule has 108 valence electrons. The topological polar surface area (TPSA) is 89.0 Å². The minimum Gasteiger partial charge on any atom is -0.477 e.